The molecule has 1 amide bonds. The highest BCUT2D eigenvalue weighted by Gasteiger charge is 2.41. The van der Waals surface area contributed by atoms with E-state index in [1.165, 1.54) is 18.3 Å². The summed E-state index contributed by atoms with van der Waals surface area (Å²) in [6.45, 7) is 0.315. The molecule has 1 aliphatic rings. The molecule has 134 valence electrons. The molecule has 1 aliphatic heterocycles. The molecule has 24 heavy (non-hydrogen) atoms. The van der Waals surface area contributed by atoms with Gasteiger partial charge in [-0.3, -0.25) is 4.79 Å². The summed E-state index contributed by atoms with van der Waals surface area (Å²) >= 11 is 0. The van der Waals surface area contributed by atoms with Crippen LogP contribution < -0.4 is 10.5 Å². The molecule has 2 N–H and O–H groups in total. The molecule has 0 saturated carbocycles. The van der Waals surface area contributed by atoms with Crippen LogP contribution in [-0.4, -0.2) is 54.4 Å². The van der Waals surface area contributed by atoms with Gasteiger partial charge < -0.3 is 15.4 Å². The number of piperidine rings is 1. The van der Waals surface area contributed by atoms with Gasteiger partial charge in [-0.05, 0) is 31.4 Å². The second-order valence-electron chi connectivity index (χ2n) is 5.71. The fourth-order valence-corrected chi connectivity index (χ4v) is 2.38. The van der Waals surface area contributed by atoms with Crippen LogP contribution in [0.4, 0.5) is 17.6 Å². The number of hydrogen-bond donors (Lipinski definition) is 1. The lowest BCUT2D eigenvalue weighted by Gasteiger charge is -2.31. The van der Waals surface area contributed by atoms with Crippen molar-refractivity contribution in [3.8, 4) is 5.88 Å². The van der Waals surface area contributed by atoms with Crippen LogP contribution in [0, 0.1) is 5.92 Å². The maximum atomic E-state index is 12.8. The Balaban J connectivity index is 1.91. The summed E-state index contributed by atoms with van der Waals surface area (Å²) in [5.41, 5.74) is 5.89. The predicted octanol–water partition coefficient (Wildman–Crippen LogP) is 2.17. The van der Waals surface area contributed by atoms with Crippen molar-refractivity contribution in [3.63, 3.8) is 0 Å². The number of pyridine rings is 1. The van der Waals surface area contributed by atoms with Crippen molar-refractivity contribution < 1.29 is 27.1 Å². The van der Waals surface area contributed by atoms with Crippen LogP contribution in [0.3, 0.4) is 0 Å². The van der Waals surface area contributed by atoms with Crippen molar-refractivity contribution in [3.05, 3.63) is 23.9 Å². The molecule has 0 bridgehead atoms. The summed E-state index contributed by atoms with van der Waals surface area (Å²) in [4.78, 5) is 17.7. The second kappa shape index (κ2) is 7.78. The largest absolute Gasteiger partial charge is 0.471 e. The number of ether oxygens (including phenoxy) is 1. The van der Waals surface area contributed by atoms with Crippen molar-refractivity contribution in [2.75, 3.05) is 26.2 Å². The first kappa shape index (κ1) is 18.4. The molecular weight excluding hydrogens is 330 g/mol. The van der Waals surface area contributed by atoms with Crippen molar-refractivity contribution in [1.82, 2.24) is 9.88 Å². The third-order valence-corrected chi connectivity index (χ3v) is 3.95. The maximum absolute atomic E-state index is 12.8. The molecule has 0 unspecified atom stereocenters. The third kappa shape index (κ3) is 4.56. The molecule has 0 radical (unpaired) electrons. The highest BCUT2D eigenvalue weighted by atomic mass is 19.3. The van der Waals surface area contributed by atoms with E-state index in [0.29, 0.717) is 25.6 Å². The summed E-state index contributed by atoms with van der Waals surface area (Å²) in [5, 5.41) is 0. The van der Waals surface area contributed by atoms with Crippen molar-refractivity contribution >= 4 is 5.91 Å². The molecule has 9 heteroatoms. The lowest BCUT2D eigenvalue weighted by atomic mass is 9.97. The highest BCUT2D eigenvalue weighted by molar-refractivity contribution is 5.94. The number of carbonyl (C=O) groups is 1. The van der Waals surface area contributed by atoms with E-state index in [0.717, 1.165) is 12.8 Å². The summed E-state index contributed by atoms with van der Waals surface area (Å²) in [6.07, 6.45) is -0.957. The molecular formula is C15H19F4N3O2. The van der Waals surface area contributed by atoms with E-state index in [1.807, 2.05) is 0 Å². The van der Waals surface area contributed by atoms with E-state index < -0.39 is 19.0 Å². The molecule has 1 fully saturated rings. The van der Waals surface area contributed by atoms with Crippen molar-refractivity contribution in [1.29, 1.82) is 0 Å². The number of aromatic nitrogens is 1. The van der Waals surface area contributed by atoms with Gasteiger partial charge in [0.25, 0.3) is 5.91 Å². The van der Waals surface area contributed by atoms with Gasteiger partial charge in [-0.15, -0.1) is 0 Å². The first-order valence-electron chi connectivity index (χ1n) is 7.57. The molecule has 2 heterocycles. The molecule has 1 saturated heterocycles. The quantitative estimate of drug-likeness (QED) is 0.800. The second-order valence-corrected chi connectivity index (χ2v) is 5.71. The van der Waals surface area contributed by atoms with Crippen LogP contribution in [0.25, 0.3) is 0 Å². The zero-order valence-electron chi connectivity index (χ0n) is 12.9. The molecule has 0 spiro atoms. The smallest absolute Gasteiger partial charge is 0.340 e. The number of hydrogen-bond acceptors (Lipinski definition) is 4. The Kier molecular flexibility index (Phi) is 5.98. The lowest BCUT2D eigenvalue weighted by molar-refractivity contribution is -0.148. The molecule has 1 aromatic heterocycles. The molecule has 0 aromatic carbocycles. The van der Waals surface area contributed by atoms with Crippen LogP contribution >= 0.6 is 0 Å². The third-order valence-electron chi connectivity index (χ3n) is 3.95. The lowest BCUT2D eigenvalue weighted by Crippen LogP contribution is -2.40. The van der Waals surface area contributed by atoms with Crippen molar-refractivity contribution in [2.45, 2.75) is 25.2 Å². The van der Waals surface area contributed by atoms with Crippen LogP contribution in [0.15, 0.2) is 18.3 Å². The number of rotatable bonds is 6. The molecule has 0 aliphatic carbocycles. The summed E-state index contributed by atoms with van der Waals surface area (Å²) in [7, 11) is 0. The standard InChI is InChI=1S/C15H19F4N3O2/c16-14(17)15(18,19)9-24-12-2-1-11(8-21-12)13(23)22-5-3-10(7-20)4-6-22/h1-2,8,10,14H,3-7,9,20H2. The maximum Gasteiger partial charge on any atom is 0.340 e. The Labute approximate surface area is 136 Å². The van der Waals surface area contributed by atoms with E-state index in [1.54, 1.807) is 4.90 Å². The van der Waals surface area contributed by atoms with E-state index in [9.17, 15) is 22.4 Å². The zero-order valence-corrected chi connectivity index (χ0v) is 12.9. The van der Waals surface area contributed by atoms with E-state index in [-0.39, 0.29) is 17.4 Å². The van der Waals surface area contributed by atoms with Gasteiger partial charge in [-0.2, -0.15) is 8.78 Å². The van der Waals surface area contributed by atoms with Gasteiger partial charge in [0.15, 0.2) is 6.61 Å². The first-order valence-corrected chi connectivity index (χ1v) is 7.57. The molecule has 5 nitrogen and oxygen atoms in total. The first-order chi connectivity index (χ1) is 11.3. The molecule has 0 atom stereocenters. The minimum absolute atomic E-state index is 0.220. The number of nitrogens with zero attached hydrogens (tertiary/aromatic N) is 2. The fourth-order valence-electron chi connectivity index (χ4n) is 2.38. The number of carbonyl (C=O) groups excluding carboxylic acids is 1. The Morgan fingerprint density at radius 2 is 2.04 bits per heavy atom. The molecule has 1 aromatic rings. The van der Waals surface area contributed by atoms with Gasteiger partial charge in [-0.1, -0.05) is 0 Å². The van der Waals surface area contributed by atoms with Crippen LogP contribution in [0.5, 0.6) is 5.88 Å². The SMILES string of the molecule is NCC1CCN(C(=O)c2ccc(OCC(F)(F)C(F)F)nc2)CC1. The number of nitrogens with two attached hydrogens (primary N) is 1. The Morgan fingerprint density at radius 1 is 1.38 bits per heavy atom. The topological polar surface area (TPSA) is 68.5 Å². The Bertz CT molecular complexity index is 546. The van der Waals surface area contributed by atoms with Gasteiger partial charge in [0.1, 0.15) is 0 Å². The fraction of sp³-hybridized carbons (Fsp3) is 0.600. The average Bonchev–Trinajstić information content (AvgIpc) is 2.60. The monoisotopic (exact) mass is 349 g/mol. The number of likely N-dealkylation sites (tertiary alicyclic amines) is 1. The van der Waals surface area contributed by atoms with Crippen molar-refractivity contribution in [2.24, 2.45) is 11.7 Å². The minimum Gasteiger partial charge on any atom is -0.471 e. The van der Waals surface area contributed by atoms with Crippen LogP contribution in [-0.2, 0) is 0 Å². The van der Waals surface area contributed by atoms with Crippen LogP contribution in [0.1, 0.15) is 23.2 Å². The highest BCUT2D eigenvalue weighted by Crippen LogP contribution is 2.24. The minimum atomic E-state index is -4.25. The predicted molar refractivity (Wildman–Crippen MR) is 78.4 cm³/mol. The Hall–Kier alpha value is -1.90. The van der Waals surface area contributed by atoms with E-state index in [4.69, 9.17) is 5.73 Å². The average molecular weight is 349 g/mol. The summed E-state index contributed by atoms with van der Waals surface area (Å²) < 4.78 is 54.2. The van der Waals surface area contributed by atoms with Crippen LogP contribution in [0.2, 0.25) is 0 Å². The molecule has 2 rings (SSSR count). The van der Waals surface area contributed by atoms with E-state index >= 15 is 0 Å². The summed E-state index contributed by atoms with van der Waals surface area (Å²) in [6, 6.07) is 2.58. The Morgan fingerprint density at radius 3 is 2.54 bits per heavy atom. The van der Waals surface area contributed by atoms with Gasteiger partial charge in [0.2, 0.25) is 5.88 Å². The van der Waals surface area contributed by atoms with Gasteiger partial charge in [0, 0.05) is 25.4 Å². The number of alkyl halides is 4. The van der Waals surface area contributed by atoms with Gasteiger partial charge in [0.05, 0.1) is 5.56 Å². The number of amides is 1. The normalized spacial score (nSPS) is 16.5. The van der Waals surface area contributed by atoms with Gasteiger partial charge in [-0.25, -0.2) is 13.8 Å². The zero-order chi connectivity index (χ0) is 17.7. The van der Waals surface area contributed by atoms with Gasteiger partial charge >= 0.3 is 12.3 Å². The van der Waals surface area contributed by atoms with E-state index in [2.05, 4.69) is 9.72 Å². The summed E-state index contributed by atoms with van der Waals surface area (Å²) in [5.74, 6) is -4.29. The number of halogens is 4.